The molecular formula is C31H38Cl2Zr. The van der Waals surface area contributed by atoms with Crippen molar-refractivity contribution >= 4 is 3.21 Å². The molecule has 5 rings (SSSR count). The van der Waals surface area contributed by atoms with Crippen LogP contribution in [0.2, 0.25) is 0 Å². The Morgan fingerprint density at radius 3 is 1.65 bits per heavy atom. The van der Waals surface area contributed by atoms with Crippen LogP contribution in [-0.2, 0) is 32.1 Å². The second kappa shape index (κ2) is 10.3. The Balaban J connectivity index is 0.00000162. The molecule has 0 heterocycles. The molecule has 0 aromatic heterocycles. The van der Waals surface area contributed by atoms with E-state index in [0.717, 1.165) is 0 Å². The van der Waals surface area contributed by atoms with E-state index in [2.05, 4.69) is 96.2 Å². The van der Waals surface area contributed by atoms with Crippen molar-refractivity contribution in [2.45, 2.75) is 88.1 Å². The molecule has 0 amide bonds. The summed E-state index contributed by atoms with van der Waals surface area (Å²) >= 11 is -2.06. The molecular weight excluding hydrogens is 534 g/mol. The van der Waals surface area contributed by atoms with E-state index >= 15 is 0 Å². The van der Waals surface area contributed by atoms with Crippen LogP contribution in [0.4, 0.5) is 0 Å². The zero-order valence-corrected chi connectivity index (χ0v) is 25.5. The first kappa shape index (κ1) is 27.8. The number of hydrogen-bond donors (Lipinski definition) is 0. The van der Waals surface area contributed by atoms with Gasteiger partial charge >= 0.3 is 204 Å². The Hall–Kier alpha value is -0.747. The third-order valence-electron chi connectivity index (χ3n) is 7.74. The summed E-state index contributed by atoms with van der Waals surface area (Å²) in [7, 11) is 0. The molecule has 0 bridgehead atoms. The third-order valence-corrected chi connectivity index (χ3v) is 16.4. The maximum Gasteiger partial charge on any atom is -1.00 e. The van der Waals surface area contributed by atoms with Crippen molar-refractivity contribution in [1.82, 2.24) is 0 Å². The van der Waals surface area contributed by atoms with Crippen molar-refractivity contribution in [2.24, 2.45) is 0 Å². The average Bonchev–Trinajstić information content (AvgIpc) is 3.48. The van der Waals surface area contributed by atoms with Gasteiger partial charge in [0.1, 0.15) is 0 Å². The van der Waals surface area contributed by atoms with Crippen LogP contribution in [0.1, 0.15) is 99.5 Å². The van der Waals surface area contributed by atoms with E-state index in [0.29, 0.717) is 3.63 Å². The molecule has 1 fully saturated rings. The first-order chi connectivity index (χ1) is 15.1. The van der Waals surface area contributed by atoms with Crippen molar-refractivity contribution in [1.29, 1.82) is 0 Å². The number of allylic oxidation sites excluding steroid dienone is 4. The number of benzene rings is 2. The summed E-state index contributed by atoms with van der Waals surface area (Å²) in [6, 6.07) is 14.9. The Morgan fingerprint density at radius 1 is 0.735 bits per heavy atom. The minimum atomic E-state index is -2.06. The van der Waals surface area contributed by atoms with Gasteiger partial charge in [-0.15, -0.1) is 0 Å². The Morgan fingerprint density at radius 2 is 1.24 bits per heavy atom. The van der Waals surface area contributed by atoms with E-state index in [1.54, 1.807) is 11.1 Å². The number of fused-ring (bicyclic) bond motifs is 3. The van der Waals surface area contributed by atoms with Gasteiger partial charge in [0.2, 0.25) is 0 Å². The standard InChI is InChI=1S/C21H25.C5H8.C5H5.2ClH.Zr/c1-20(2,3)16-7-9-18-14(12-16)11-15-13-17(21(4,5)6)8-10-19(15)18;2*1-2-4-5-3-1;;;/h7-13H,1-6H3;1-4H2;1-3H,4H2;2*1H;/q;;;;;+2/p-2. The van der Waals surface area contributed by atoms with Crippen molar-refractivity contribution < 1.29 is 46.1 Å². The summed E-state index contributed by atoms with van der Waals surface area (Å²) in [4.78, 5) is 0. The van der Waals surface area contributed by atoms with E-state index < -0.39 is 21.3 Å². The fraction of sp³-hybridized carbons (Fsp3) is 0.452. The van der Waals surface area contributed by atoms with Crippen LogP contribution in [0.5, 0.6) is 0 Å². The maximum absolute atomic E-state index is 2.61. The molecule has 3 aliphatic carbocycles. The van der Waals surface area contributed by atoms with Gasteiger partial charge in [-0.1, -0.05) is 0 Å². The smallest absolute Gasteiger partial charge is 1.00 e. The molecule has 3 aliphatic rings. The second-order valence-electron chi connectivity index (χ2n) is 12.1. The Bertz CT molecular complexity index is 1100. The van der Waals surface area contributed by atoms with Gasteiger partial charge in [-0.3, -0.25) is 0 Å². The number of hydrogen-bond acceptors (Lipinski definition) is 0. The van der Waals surface area contributed by atoms with Gasteiger partial charge in [0.15, 0.2) is 0 Å². The van der Waals surface area contributed by atoms with Crippen LogP contribution in [0.25, 0.3) is 11.1 Å². The minimum absolute atomic E-state index is 0. The topological polar surface area (TPSA) is 0 Å². The SMILES string of the molecule is CC(C)(C)c1ccc2c(c1)[CH]([Zr+2]([C]1=CC=CC1)=[C]1CCCC1)c1cc(C(C)(C)C)ccc1-2.[Cl-].[Cl-]. The van der Waals surface area contributed by atoms with Gasteiger partial charge in [-0.25, -0.2) is 0 Å². The zero-order valence-electron chi connectivity index (χ0n) is 21.6. The van der Waals surface area contributed by atoms with E-state index in [9.17, 15) is 0 Å². The Labute approximate surface area is 227 Å². The van der Waals surface area contributed by atoms with Gasteiger partial charge in [0, 0.05) is 0 Å². The van der Waals surface area contributed by atoms with E-state index in [4.69, 9.17) is 0 Å². The summed E-state index contributed by atoms with van der Waals surface area (Å²) in [6.07, 6.45) is 14.1. The molecule has 0 N–H and O–H groups in total. The molecule has 0 radical (unpaired) electrons. The summed E-state index contributed by atoms with van der Waals surface area (Å²) in [5, 5.41) is 0. The van der Waals surface area contributed by atoms with Crippen LogP contribution in [0.3, 0.4) is 0 Å². The monoisotopic (exact) mass is 570 g/mol. The number of halogens is 2. The summed E-state index contributed by atoms with van der Waals surface area (Å²) in [5.74, 6) is 0. The van der Waals surface area contributed by atoms with Gasteiger partial charge in [-0.2, -0.15) is 0 Å². The molecule has 1 saturated carbocycles. The molecule has 0 saturated heterocycles. The molecule has 2 aromatic carbocycles. The van der Waals surface area contributed by atoms with Gasteiger partial charge in [0.05, 0.1) is 0 Å². The van der Waals surface area contributed by atoms with Gasteiger partial charge in [0.25, 0.3) is 0 Å². The molecule has 0 unspecified atom stereocenters. The van der Waals surface area contributed by atoms with Crippen molar-refractivity contribution in [3.63, 3.8) is 0 Å². The maximum atomic E-state index is 2.61. The van der Waals surface area contributed by atoms with E-state index in [1.807, 2.05) is 6.49 Å². The average molecular weight is 573 g/mol. The summed E-state index contributed by atoms with van der Waals surface area (Å²) in [6.45, 7) is 14.2. The fourth-order valence-corrected chi connectivity index (χ4v) is 15.3. The minimum Gasteiger partial charge on any atom is -1.00 e. The Kier molecular flexibility index (Phi) is 8.45. The van der Waals surface area contributed by atoms with Crippen LogP contribution in [0.15, 0.2) is 57.9 Å². The quantitative estimate of drug-likeness (QED) is 0.519. The third kappa shape index (κ3) is 5.05. The molecule has 0 spiro atoms. The van der Waals surface area contributed by atoms with Crippen molar-refractivity contribution in [3.05, 3.63) is 80.2 Å². The van der Waals surface area contributed by atoms with Gasteiger partial charge in [-0.05, 0) is 0 Å². The van der Waals surface area contributed by atoms with Crippen molar-refractivity contribution in [2.75, 3.05) is 0 Å². The normalized spacial score (nSPS) is 16.9. The van der Waals surface area contributed by atoms with E-state index in [1.165, 1.54) is 54.4 Å². The first-order valence-electron chi connectivity index (χ1n) is 12.5. The fourth-order valence-electron chi connectivity index (χ4n) is 5.84. The number of rotatable bonds is 2. The summed E-state index contributed by atoms with van der Waals surface area (Å²) < 4.78 is 4.47. The molecule has 0 aliphatic heterocycles. The zero-order chi connectivity index (χ0) is 22.7. The molecule has 34 heavy (non-hydrogen) atoms. The molecule has 0 atom stereocenters. The predicted molar refractivity (Wildman–Crippen MR) is 136 cm³/mol. The van der Waals surface area contributed by atoms with Crippen LogP contribution >= 0.6 is 0 Å². The van der Waals surface area contributed by atoms with E-state index in [-0.39, 0.29) is 35.6 Å². The van der Waals surface area contributed by atoms with Crippen LogP contribution in [-0.4, -0.2) is 3.21 Å². The molecule has 3 heteroatoms. The largest absolute Gasteiger partial charge is 1.00 e. The second-order valence-corrected chi connectivity index (χ2v) is 18.9. The molecule has 2 aromatic rings. The van der Waals surface area contributed by atoms with Crippen LogP contribution < -0.4 is 24.8 Å². The summed E-state index contributed by atoms with van der Waals surface area (Å²) in [5.41, 5.74) is 9.68. The molecule has 180 valence electrons. The van der Waals surface area contributed by atoms with Crippen molar-refractivity contribution in [3.8, 4) is 11.1 Å². The van der Waals surface area contributed by atoms with Gasteiger partial charge < -0.3 is 24.8 Å². The molecule has 0 nitrogen and oxygen atoms in total. The predicted octanol–water partition coefficient (Wildman–Crippen LogP) is 2.57. The van der Waals surface area contributed by atoms with Crippen LogP contribution in [0, 0.1) is 0 Å². The first-order valence-corrected chi connectivity index (χ1v) is 16.4.